The lowest BCUT2D eigenvalue weighted by molar-refractivity contribution is -0.0148. The topological polar surface area (TPSA) is 46.2 Å². The van der Waals surface area contributed by atoms with Crippen molar-refractivity contribution >= 4 is 15.9 Å². The molecule has 1 unspecified atom stereocenters. The second-order valence-electron chi connectivity index (χ2n) is 6.61. The molecule has 1 aromatic carbocycles. The fourth-order valence-corrected chi connectivity index (χ4v) is 3.92. The van der Waals surface area contributed by atoms with Gasteiger partial charge in [0.15, 0.2) is 0 Å². The summed E-state index contributed by atoms with van der Waals surface area (Å²) in [6.45, 7) is 5.15. The quantitative estimate of drug-likeness (QED) is 0.860. The Morgan fingerprint density at radius 1 is 1.35 bits per heavy atom. The van der Waals surface area contributed by atoms with E-state index in [4.69, 9.17) is 5.73 Å². The van der Waals surface area contributed by atoms with Gasteiger partial charge in [-0.3, -0.25) is 0 Å². The minimum atomic E-state index is -0.460. The Labute approximate surface area is 130 Å². The summed E-state index contributed by atoms with van der Waals surface area (Å²) in [7, 11) is 0. The summed E-state index contributed by atoms with van der Waals surface area (Å²) in [5.41, 5.74) is 6.90. The molecule has 1 fully saturated rings. The number of aliphatic hydroxyl groups excluding tert-OH is 1. The van der Waals surface area contributed by atoms with Crippen molar-refractivity contribution in [2.75, 3.05) is 6.54 Å². The van der Waals surface area contributed by atoms with Gasteiger partial charge in [-0.15, -0.1) is 0 Å². The molecule has 1 atom stereocenters. The molecule has 0 spiro atoms. The summed E-state index contributed by atoms with van der Waals surface area (Å²) in [4.78, 5) is 0. The number of aliphatic hydroxyl groups is 1. The third kappa shape index (κ3) is 3.26. The number of rotatable bonds is 4. The van der Waals surface area contributed by atoms with E-state index in [1.54, 1.807) is 0 Å². The highest BCUT2D eigenvalue weighted by molar-refractivity contribution is 9.10. The van der Waals surface area contributed by atoms with Gasteiger partial charge in [0.05, 0.1) is 6.10 Å². The number of halogens is 1. The molecule has 1 aliphatic carbocycles. The van der Waals surface area contributed by atoms with Crippen LogP contribution in [0.4, 0.5) is 0 Å². The molecule has 20 heavy (non-hydrogen) atoms. The molecule has 112 valence electrons. The molecule has 2 nitrogen and oxygen atoms in total. The van der Waals surface area contributed by atoms with Gasteiger partial charge in [-0.25, -0.2) is 0 Å². The van der Waals surface area contributed by atoms with Crippen LogP contribution in [0.1, 0.15) is 51.2 Å². The average molecular weight is 340 g/mol. The Kier molecular flexibility index (Phi) is 5.27. The molecule has 3 heteroatoms. The zero-order valence-electron chi connectivity index (χ0n) is 12.5. The molecule has 1 aromatic rings. The fourth-order valence-electron chi connectivity index (χ4n) is 3.50. The van der Waals surface area contributed by atoms with Crippen molar-refractivity contribution in [2.24, 2.45) is 23.0 Å². The SMILES string of the molecule is CC(C)C1CCC(CN)(C(O)c2cccc(Br)c2)CC1. The van der Waals surface area contributed by atoms with E-state index in [0.717, 1.165) is 34.7 Å². The maximum atomic E-state index is 10.8. The van der Waals surface area contributed by atoms with E-state index in [2.05, 4.69) is 29.8 Å². The van der Waals surface area contributed by atoms with E-state index < -0.39 is 6.10 Å². The van der Waals surface area contributed by atoms with E-state index in [1.807, 2.05) is 24.3 Å². The van der Waals surface area contributed by atoms with Gasteiger partial charge in [0, 0.05) is 16.4 Å². The summed E-state index contributed by atoms with van der Waals surface area (Å²) < 4.78 is 1.01. The van der Waals surface area contributed by atoms with Crippen LogP contribution < -0.4 is 5.73 Å². The first-order chi connectivity index (χ1) is 9.48. The van der Waals surface area contributed by atoms with Crippen LogP contribution in [0.5, 0.6) is 0 Å². The largest absolute Gasteiger partial charge is 0.388 e. The van der Waals surface area contributed by atoms with Crippen LogP contribution in [-0.2, 0) is 0 Å². The van der Waals surface area contributed by atoms with E-state index in [-0.39, 0.29) is 5.41 Å². The summed E-state index contributed by atoms with van der Waals surface area (Å²) in [6, 6.07) is 7.98. The molecule has 1 saturated carbocycles. The maximum Gasteiger partial charge on any atom is 0.0858 e. The zero-order valence-corrected chi connectivity index (χ0v) is 14.1. The highest BCUT2D eigenvalue weighted by Gasteiger charge is 2.41. The molecular formula is C17H26BrNO. The van der Waals surface area contributed by atoms with Gasteiger partial charge in [0.1, 0.15) is 0 Å². The lowest BCUT2D eigenvalue weighted by Gasteiger charge is -2.44. The van der Waals surface area contributed by atoms with Crippen molar-refractivity contribution in [3.05, 3.63) is 34.3 Å². The average Bonchev–Trinajstić information content (AvgIpc) is 2.46. The smallest absolute Gasteiger partial charge is 0.0858 e. The van der Waals surface area contributed by atoms with Crippen LogP contribution in [0.25, 0.3) is 0 Å². The van der Waals surface area contributed by atoms with E-state index in [9.17, 15) is 5.11 Å². The van der Waals surface area contributed by atoms with Crippen LogP contribution in [0.3, 0.4) is 0 Å². The highest BCUT2D eigenvalue weighted by Crippen LogP contribution is 2.48. The van der Waals surface area contributed by atoms with Crippen molar-refractivity contribution in [1.29, 1.82) is 0 Å². The molecule has 1 aliphatic rings. The summed E-state index contributed by atoms with van der Waals surface area (Å²) in [5.74, 6) is 1.51. The second kappa shape index (κ2) is 6.59. The molecule has 0 saturated heterocycles. The first-order valence-corrected chi connectivity index (χ1v) is 8.41. The van der Waals surface area contributed by atoms with Crippen LogP contribution >= 0.6 is 15.9 Å². The van der Waals surface area contributed by atoms with E-state index >= 15 is 0 Å². The predicted octanol–water partition coefficient (Wildman–Crippen LogP) is 4.27. The van der Waals surface area contributed by atoms with Crippen molar-refractivity contribution in [1.82, 2.24) is 0 Å². The molecule has 0 radical (unpaired) electrons. The van der Waals surface area contributed by atoms with Gasteiger partial charge >= 0.3 is 0 Å². The molecule has 0 aromatic heterocycles. The van der Waals surface area contributed by atoms with Gasteiger partial charge < -0.3 is 10.8 Å². The minimum Gasteiger partial charge on any atom is -0.388 e. The normalized spacial score (nSPS) is 28.6. The Balaban J connectivity index is 2.16. The van der Waals surface area contributed by atoms with Crippen LogP contribution in [0.2, 0.25) is 0 Å². The van der Waals surface area contributed by atoms with Crippen LogP contribution in [-0.4, -0.2) is 11.7 Å². The van der Waals surface area contributed by atoms with Gasteiger partial charge in [-0.05, 0) is 55.2 Å². The van der Waals surface area contributed by atoms with Gasteiger partial charge in [-0.1, -0.05) is 41.9 Å². The third-order valence-corrected chi connectivity index (χ3v) is 5.61. The molecule has 0 bridgehead atoms. The maximum absolute atomic E-state index is 10.8. The molecular weight excluding hydrogens is 314 g/mol. The summed E-state index contributed by atoms with van der Waals surface area (Å²) in [5, 5.41) is 10.8. The molecule has 0 amide bonds. The zero-order chi connectivity index (χ0) is 14.8. The number of hydrogen-bond donors (Lipinski definition) is 2. The van der Waals surface area contributed by atoms with Gasteiger partial charge in [0.25, 0.3) is 0 Å². The number of hydrogen-bond acceptors (Lipinski definition) is 2. The highest BCUT2D eigenvalue weighted by atomic mass is 79.9. The van der Waals surface area contributed by atoms with Crippen LogP contribution in [0.15, 0.2) is 28.7 Å². The Hall–Kier alpha value is -0.380. The predicted molar refractivity (Wildman–Crippen MR) is 87.4 cm³/mol. The van der Waals surface area contributed by atoms with Gasteiger partial charge in [-0.2, -0.15) is 0 Å². The lowest BCUT2D eigenvalue weighted by Crippen LogP contribution is -2.40. The number of nitrogens with two attached hydrogens (primary N) is 1. The van der Waals surface area contributed by atoms with Gasteiger partial charge in [0.2, 0.25) is 0 Å². The van der Waals surface area contributed by atoms with Crippen LogP contribution in [0, 0.1) is 17.3 Å². The molecule has 3 N–H and O–H groups in total. The standard InChI is InChI=1S/C17H26BrNO/c1-12(2)13-6-8-17(11-19,9-7-13)16(20)14-4-3-5-15(18)10-14/h3-5,10,12-13,16,20H,6-9,11,19H2,1-2H3. The lowest BCUT2D eigenvalue weighted by atomic mass is 9.64. The van der Waals surface area contributed by atoms with Crippen molar-refractivity contribution < 1.29 is 5.11 Å². The first-order valence-electron chi connectivity index (χ1n) is 7.62. The Morgan fingerprint density at radius 3 is 2.50 bits per heavy atom. The molecule has 0 aliphatic heterocycles. The Bertz CT molecular complexity index is 438. The fraction of sp³-hybridized carbons (Fsp3) is 0.647. The Morgan fingerprint density at radius 2 is 2.00 bits per heavy atom. The number of benzene rings is 1. The van der Waals surface area contributed by atoms with Crippen molar-refractivity contribution in [3.8, 4) is 0 Å². The van der Waals surface area contributed by atoms with Crippen molar-refractivity contribution in [2.45, 2.75) is 45.6 Å². The summed E-state index contributed by atoms with van der Waals surface area (Å²) >= 11 is 3.48. The van der Waals surface area contributed by atoms with Crippen molar-refractivity contribution in [3.63, 3.8) is 0 Å². The monoisotopic (exact) mass is 339 g/mol. The second-order valence-corrected chi connectivity index (χ2v) is 7.52. The molecule has 2 rings (SSSR count). The van der Waals surface area contributed by atoms with E-state index in [0.29, 0.717) is 6.54 Å². The minimum absolute atomic E-state index is 0.147. The first kappa shape index (κ1) is 16.0. The third-order valence-electron chi connectivity index (χ3n) is 5.12. The molecule has 0 heterocycles. The summed E-state index contributed by atoms with van der Waals surface area (Å²) in [6.07, 6.45) is 3.96. The van der Waals surface area contributed by atoms with E-state index in [1.165, 1.54) is 12.8 Å².